The van der Waals surface area contributed by atoms with Gasteiger partial charge in [0.2, 0.25) is 0 Å². The molecule has 1 aromatic rings. The molecule has 0 aliphatic carbocycles. The van der Waals surface area contributed by atoms with E-state index in [1.165, 1.54) is 18.9 Å². The number of hydrogen-bond donors (Lipinski definition) is 1. The summed E-state index contributed by atoms with van der Waals surface area (Å²) in [5.41, 5.74) is 1.39. The fourth-order valence-corrected chi connectivity index (χ4v) is 2.98. The highest BCUT2D eigenvalue weighted by molar-refractivity contribution is 5.65. The van der Waals surface area contributed by atoms with Gasteiger partial charge in [0.05, 0.1) is 11.5 Å². The fourth-order valence-electron chi connectivity index (χ4n) is 2.98. The van der Waals surface area contributed by atoms with Crippen molar-refractivity contribution in [1.82, 2.24) is 0 Å². The molecular formula is C15H22N2O3. The Labute approximate surface area is 119 Å². The first-order chi connectivity index (χ1) is 9.67. The summed E-state index contributed by atoms with van der Waals surface area (Å²) in [5.74, 6) is 0. The second kappa shape index (κ2) is 6.70. The molecule has 0 saturated carbocycles. The fraction of sp³-hybridized carbons (Fsp3) is 0.600. The van der Waals surface area contributed by atoms with Crippen LogP contribution in [0.5, 0.6) is 0 Å². The van der Waals surface area contributed by atoms with Crippen LogP contribution < -0.4 is 4.90 Å². The van der Waals surface area contributed by atoms with E-state index in [1.54, 1.807) is 12.1 Å². The molecule has 1 atom stereocenters. The average Bonchev–Trinajstić information content (AvgIpc) is 2.71. The average molecular weight is 278 g/mol. The number of benzene rings is 1. The Morgan fingerprint density at radius 3 is 2.85 bits per heavy atom. The van der Waals surface area contributed by atoms with Gasteiger partial charge in [0.25, 0.3) is 5.69 Å². The van der Waals surface area contributed by atoms with Crippen molar-refractivity contribution >= 4 is 11.4 Å². The van der Waals surface area contributed by atoms with Crippen LogP contribution in [0.2, 0.25) is 0 Å². The summed E-state index contributed by atoms with van der Waals surface area (Å²) in [4.78, 5) is 13.2. The van der Waals surface area contributed by atoms with Gasteiger partial charge in [-0.15, -0.1) is 0 Å². The third-order valence-electron chi connectivity index (χ3n) is 4.08. The molecule has 1 saturated heterocycles. The highest BCUT2D eigenvalue weighted by Gasteiger charge is 2.26. The highest BCUT2D eigenvalue weighted by Crippen LogP contribution is 2.34. The molecule has 1 fully saturated rings. The maximum atomic E-state index is 11.3. The Hall–Kier alpha value is -1.62. The normalized spacial score (nSPS) is 19.7. The number of rotatable bonds is 4. The number of anilines is 1. The lowest BCUT2D eigenvalue weighted by molar-refractivity contribution is -0.384. The van der Waals surface area contributed by atoms with Gasteiger partial charge in [-0.05, 0) is 30.9 Å². The van der Waals surface area contributed by atoms with E-state index < -0.39 is 0 Å². The minimum absolute atomic E-state index is 0.108. The van der Waals surface area contributed by atoms with Crippen LogP contribution in [0.1, 0.15) is 44.6 Å². The SMILES string of the molecule is CCC1CCCCCN1c1ccc(CO)cc1[N+](=O)[O-]. The van der Waals surface area contributed by atoms with Crippen LogP contribution in [-0.2, 0) is 6.61 Å². The molecule has 0 amide bonds. The van der Waals surface area contributed by atoms with Crippen molar-refractivity contribution in [2.45, 2.75) is 51.7 Å². The molecule has 20 heavy (non-hydrogen) atoms. The summed E-state index contributed by atoms with van der Waals surface area (Å²) in [6.45, 7) is 2.84. The van der Waals surface area contributed by atoms with Gasteiger partial charge in [-0.2, -0.15) is 0 Å². The van der Waals surface area contributed by atoms with E-state index in [-0.39, 0.29) is 17.2 Å². The van der Waals surface area contributed by atoms with E-state index in [2.05, 4.69) is 11.8 Å². The molecule has 1 heterocycles. The molecule has 1 aromatic carbocycles. The van der Waals surface area contributed by atoms with Crippen molar-refractivity contribution in [3.8, 4) is 0 Å². The van der Waals surface area contributed by atoms with Crippen LogP contribution in [0.25, 0.3) is 0 Å². The van der Waals surface area contributed by atoms with E-state index >= 15 is 0 Å². The molecule has 0 aromatic heterocycles. The van der Waals surface area contributed by atoms with Crippen molar-refractivity contribution in [3.05, 3.63) is 33.9 Å². The van der Waals surface area contributed by atoms with Crippen molar-refractivity contribution in [2.24, 2.45) is 0 Å². The number of nitro benzene ring substituents is 1. The molecule has 1 aliphatic heterocycles. The summed E-state index contributed by atoms with van der Waals surface area (Å²) >= 11 is 0. The molecule has 2 rings (SSSR count). The number of aliphatic hydroxyl groups excluding tert-OH is 1. The van der Waals surface area contributed by atoms with Gasteiger partial charge in [0.15, 0.2) is 0 Å². The minimum atomic E-state index is -0.341. The lowest BCUT2D eigenvalue weighted by Gasteiger charge is -2.31. The van der Waals surface area contributed by atoms with Gasteiger partial charge in [0, 0.05) is 18.7 Å². The van der Waals surface area contributed by atoms with E-state index in [4.69, 9.17) is 5.11 Å². The Morgan fingerprint density at radius 1 is 1.40 bits per heavy atom. The highest BCUT2D eigenvalue weighted by atomic mass is 16.6. The van der Waals surface area contributed by atoms with E-state index in [0.717, 1.165) is 25.8 Å². The predicted molar refractivity (Wildman–Crippen MR) is 78.9 cm³/mol. The number of nitro groups is 1. The molecule has 5 heteroatoms. The van der Waals surface area contributed by atoms with E-state index in [9.17, 15) is 10.1 Å². The first-order valence-corrected chi connectivity index (χ1v) is 7.32. The lowest BCUT2D eigenvalue weighted by Crippen LogP contribution is -2.34. The molecule has 0 spiro atoms. The zero-order valence-electron chi connectivity index (χ0n) is 11.9. The second-order valence-corrected chi connectivity index (χ2v) is 5.34. The van der Waals surface area contributed by atoms with Gasteiger partial charge in [-0.1, -0.05) is 25.8 Å². The molecular weight excluding hydrogens is 256 g/mol. The standard InChI is InChI=1S/C15H22N2O3/c1-2-13-6-4-3-5-9-16(13)14-8-7-12(11-18)10-15(14)17(19)20/h7-8,10,13,18H,2-6,9,11H2,1H3. The second-order valence-electron chi connectivity index (χ2n) is 5.34. The summed E-state index contributed by atoms with van der Waals surface area (Å²) in [6, 6.07) is 5.43. The van der Waals surface area contributed by atoms with Crippen LogP contribution in [0.4, 0.5) is 11.4 Å². The van der Waals surface area contributed by atoms with Gasteiger partial charge >= 0.3 is 0 Å². The largest absolute Gasteiger partial charge is 0.392 e. The third-order valence-corrected chi connectivity index (χ3v) is 4.08. The molecule has 1 aliphatic rings. The summed E-state index contributed by atoms with van der Waals surface area (Å²) < 4.78 is 0. The van der Waals surface area contributed by atoms with Gasteiger partial charge < -0.3 is 10.0 Å². The Balaban J connectivity index is 2.40. The topological polar surface area (TPSA) is 66.6 Å². The summed E-state index contributed by atoms with van der Waals surface area (Å²) in [5, 5.41) is 20.5. The quantitative estimate of drug-likeness (QED) is 0.678. The number of hydrogen-bond acceptors (Lipinski definition) is 4. The molecule has 5 nitrogen and oxygen atoms in total. The minimum Gasteiger partial charge on any atom is -0.392 e. The van der Waals surface area contributed by atoms with Crippen LogP contribution in [-0.4, -0.2) is 22.6 Å². The molecule has 0 radical (unpaired) electrons. The third kappa shape index (κ3) is 3.10. The van der Waals surface area contributed by atoms with Gasteiger partial charge in [-0.25, -0.2) is 0 Å². The van der Waals surface area contributed by atoms with Crippen molar-refractivity contribution in [2.75, 3.05) is 11.4 Å². The monoisotopic (exact) mass is 278 g/mol. The maximum Gasteiger partial charge on any atom is 0.292 e. The Kier molecular flexibility index (Phi) is 4.95. The van der Waals surface area contributed by atoms with Crippen molar-refractivity contribution in [1.29, 1.82) is 0 Å². The van der Waals surface area contributed by atoms with Crippen LogP contribution in [0.3, 0.4) is 0 Å². The number of nitrogens with zero attached hydrogens (tertiary/aromatic N) is 2. The molecule has 1 unspecified atom stereocenters. The van der Waals surface area contributed by atoms with Crippen molar-refractivity contribution < 1.29 is 10.0 Å². The van der Waals surface area contributed by atoms with Gasteiger partial charge in [-0.3, -0.25) is 10.1 Å². The zero-order valence-corrected chi connectivity index (χ0v) is 11.9. The Bertz CT molecular complexity index is 476. The van der Waals surface area contributed by atoms with Crippen LogP contribution in [0, 0.1) is 10.1 Å². The maximum absolute atomic E-state index is 11.3. The predicted octanol–water partition coefficient (Wildman–Crippen LogP) is 3.25. The van der Waals surface area contributed by atoms with Crippen LogP contribution in [0.15, 0.2) is 18.2 Å². The lowest BCUT2D eigenvalue weighted by atomic mass is 10.1. The first-order valence-electron chi connectivity index (χ1n) is 7.32. The molecule has 1 N–H and O–H groups in total. The van der Waals surface area contributed by atoms with E-state index in [0.29, 0.717) is 17.3 Å². The summed E-state index contributed by atoms with van der Waals surface area (Å²) in [6.07, 6.45) is 5.55. The van der Waals surface area contributed by atoms with Crippen molar-refractivity contribution in [3.63, 3.8) is 0 Å². The number of aliphatic hydroxyl groups is 1. The van der Waals surface area contributed by atoms with Crippen LogP contribution >= 0.6 is 0 Å². The van der Waals surface area contributed by atoms with E-state index in [1.807, 2.05) is 0 Å². The molecule has 110 valence electrons. The smallest absolute Gasteiger partial charge is 0.292 e. The molecule has 0 bridgehead atoms. The Morgan fingerprint density at radius 2 is 2.20 bits per heavy atom. The first kappa shape index (κ1) is 14.8. The van der Waals surface area contributed by atoms with Gasteiger partial charge in [0.1, 0.15) is 5.69 Å². The zero-order chi connectivity index (χ0) is 14.5. The summed E-state index contributed by atoms with van der Waals surface area (Å²) in [7, 11) is 0.